The summed E-state index contributed by atoms with van der Waals surface area (Å²) in [7, 11) is 2.58. The highest BCUT2D eigenvalue weighted by atomic mass is 13.5. The number of hydrogen-bond donors (Lipinski definition) is 0. The molecule has 0 nitrogen and oxygen atoms in total. The van der Waals surface area contributed by atoms with Crippen LogP contribution in [0.15, 0.2) is 25.3 Å². The molecule has 0 spiro atoms. The minimum Gasteiger partial charge on any atom is -0.104 e. The van der Waals surface area contributed by atoms with Gasteiger partial charge in [-0.2, -0.15) is 0 Å². The normalized spacial score (nSPS) is 8.00. The van der Waals surface area contributed by atoms with Gasteiger partial charge in [0.25, 0.3) is 0 Å². The quantitative estimate of drug-likeness (QED) is 0.282. The van der Waals surface area contributed by atoms with E-state index in [1.807, 2.05) is 12.2 Å². The predicted molar refractivity (Wildman–Crippen MR) is 49.1 cm³/mol. The molecule has 0 unspecified atom stereocenters. The molecule has 0 fully saturated rings. The zero-order valence-electron chi connectivity index (χ0n) is 6.10. The third kappa shape index (κ3) is 7.61. The molecule has 0 saturated heterocycles. The molecule has 0 aliphatic heterocycles. The smallest absolute Gasteiger partial charge is 0.104 e. The molecule has 9 heavy (non-hydrogen) atoms. The first-order chi connectivity index (χ1) is 4.41. The van der Waals surface area contributed by atoms with E-state index in [0.29, 0.717) is 0 Å². The number of hydrogen-bond acceptors (Lipinski definition) is 0. The molecule has 0 N–H and O–H groups in total. The molecule has 48 valence electrons. The maximum absolute atomic E-state index is 3.66. The van der Waals surface area contributed by atoms with Gasteiger partial charge >= 0.3 is 0 Å². The van der Waals surface area contributed by atoms with Crippen LogP contribution in [-0.2, 0) is 0 Å². The second kappa shape index (κ2) is 7.61. The van der Waals surface area contributed by atoms with Crippen molar-refractivity contribution in [2.75, 3.05) is 0 Å². The molecule has 0 aliphatic rings. The summed E-state index contributed by atoms with van der Waals surface area (Å²) in [5, 5.41) is 0. The fourth-order valence-corrected chi connectivity index (χ4v) is 0.754. The van der Waals surface area contributed by atoms with Gasteiger partial charge in [0, 0.05) is 0 Å². The van der Waals surface area contributed by atoms with Crippen LogP contribution < -0.4 is 0 Å². The standard InChI is InChI=1S/C7H14B2/c1-3-5-8-7-9-6-4-2/h3-4,8-9H,1-2,5-7H2. The van der Waals surface area contributed by atoms with Crippen molar-refractivity contribution >= 4 is 14.6 Å². The van der Waals surface area contributed by atoms with Crippen molar-refractivity contribution in [1.29, 1.82) is 0 Å². The van der Waals surface area contributed by atoms with Crippen LogP contribution in [0.25, 0.3) is 0 Å². The Balaban J connectivity index is 2.74. The lowest BCUT2D eigenvalue weighted by Crippen LogP contribution is -1.93. The Morgan fingerprint density at radius 1 is 1.00 bits per heavy atom. The third-order valence-corrected chi connectivity index (χ3v) is 1.32. The van der Waals surface area contributed by atoms with Crippen LogP contribution in [-0.4, -0.2) is 14.6 Å². The molecule has 0 aromatic heterocycles. The molecule has 0 atom stereocenters. The Bertz CT molecular complexity index is 69.0. The fourth-order valence-electron chi connectivity index (χ4n) is 0.754. The molecule has 0 heterocycles. The Hall–Kier alpha value is -0.390. The van der Waals surface area contributed by atoms with E-state index in [2.05, 4.69) is 13.2 Å². The Morgan fingerprint density at radius 3 is 1.78 bits per heavy atom. The van der Waals surface area contributed by atoms with Crippen LogP contribution in [0.1, 0.15) is 0 Å². The van der Waals surface area contributed by atoms with E-state index < -0.39 is 0 Å². The molecule has 0 aromatic rings. The first kappa shape index (κ1) is 8.61. The predicted octanol–water partition coefficient (Wildman–Crippen LogP) is 1.44. The van der Waals surface area contributed by atoms with Crippen LogP contribution >= 0.6 is 0 Å². The van der Waals surface area contributed by atoms with Gasteiger partial charge in [-0.1, -0.05) is 24.8 Å². The largest absolute Gasteiger partial charge is 0.117 e. The number of rotatable bonds is 6. The number of allylic oxidation sites excluding steroid dienone is 2. The zero-order valence-corrected chi connectivity index (χ0v) is 6.10. The van der Waals surface area contributed by atoms with Crippen molar-refractivity contribution in [1.82, 2.24) is 0 Å². The van der Waals surface area contributed by atoms with Gasteiger partial charge < -0.3 is 0 Å². The minimum atomic E-state index is 1.16. The molecule has 0 bridgehead atoms. The van der Waals surface area contributed by atoms with Crippen molar-refractivity contribution < 1.29 is 0 Å². The molecular formula is C7H14B2. The first-order valence-electron chi connectivity index (χ1n) is 3.63. The van der Waals surface area contributed by atoms with Gasteiger partial charge in [0.05, 0.1) is 0 Å². The van der Waals surface area contributed by atoms with Crippen molar-refractivity contribution in [2.45, 2.75) is 18.9 Å². The summed E-state index contributed by atoms with van der Waals surface area (Å²) in [6.07, 6.45) is 7.61. The van der Waals surface area contributed by atoms with Crippen LogP contribution in [0.3, 0.4) is 0 Å². The molecule has 0 aliphatic carbocycles. The van der Waals surface area contributed by atoms with Gasteiger partial charge in [0.2, 0.25) is 0 Å². The highest BCUT2D eigenvalue weighted by Gasteiger charge is 1.88. The van der Waals surface area contributed by atoms with Gasteiger partial charge in [-0.3, -0.25) is 0 Å². The van der Waals surface area contributed by atoms with E-state index in [-0.39, 0.29) is 0 Å². The summed E-state index contributed by atoms with van der Waals surface area (Å²) < 4.78 is 0. The van der Waals surface area contributed by atoms with Gasteiger partial charge in [-0.25, -0.2) is 0 Å². The van der Waals surface area contributed by atoms with Crippen molar-refractivity contribution in [3.63, 3.8) is 0 Å². The Labute approximate surface area is 59.5 Å². The highest BCUT2D eigenvalue weighted by Crippen LogP contribution is 1.88. The second-order valence-corrected chi connectivity index (χ2v) is 2.22. The molecular weight excluding hydrogens is 106 g/mol. The van der Waals surface area contributed by atoms with Crippen molar-refractivity contribution in [3.8, 4) is 0 Å². The van der Waals surface area contributed by atoms with Gasteiger partial charge in [-0.15, -0.1) is 19.4 Å². The highest BCUT2D eigenvalue weighted by molar-refractivity contribution is 6.56. The fraction of sp³-hybridized carbons (Fsp3) is 0.429. The average Bonchev–Trinajstić information content (AvgIpc) is 1.89. The summed E-state index contributed by atoms with van der Waals surface area (Å²) in [6, 6.07) is 0. The van der Waals surface area contributed by atoms with E-state index in [4.69, 9.17) is 0 Å². The molecule has 0 radical (unpaired) electrons. The maximum Gasteiger partial charge on any atom is 0.117 e. The lowest BCUT2D eigenvalue weighted by Gasteiger charge is -1.88. The molecule has 0 aromatic carbocycles. The van der Waals surface area contributed by atoms with E-state index in [1.165, 1.54) is 20.8 Å². The molecule has 0 saturated carbocycles. The van der Waals surface area contributed by atoms with Crippen LogP contribution in [0, 0.1) is 0 Å². The summed E-state index contributed by atoms with van der Waals surface area (Å²) in [6.45, 7) is 7.32. The molecule has 0 rings (SSSR count). The Kier molecular flexibility index (Phi) is 7.28. The van der Waals surface area contributed by atoms with E-state index >= 15 is 0 Å². The monoisotopic (exact) mass is 120 g/mol. The van der Waals surface area contributed by atoms with E-state index in [1.54, 1.807) is 0 Å². The lowest BCUT2D eigenvalue weighted by molar-refractivity contribution is 1.63. The Morgan fingerprint density at radius 2 is 1.44 bits per heavy atom. The van der Waals surface area contributed by atoms with Gasteiger partial charge in [-0.05, 0) is 0 Å². The average molecular weight is 120 g/mol. The van der Waals surface area contributed by atoms with Crippen molar-refractivity contribution in [2.24, 2.45) is 0 Å². The minimum absolute atomic E-state index is 1.16. The second-order valence-electron chi connectivity index (χ2n) is 2.22. The lowest BCUT2D eigenvalue weighted by atomic mass is 9.52. The molecule has 0 amide bonds. The van der Waals surface area contributed by atoms with Gasteiger partial charge in [0.1, 0.15) is 14.6 Å². The third-order valence-electron chi connectivity index (χ3n) is 1.32. The van der Waals surface area contributed by atoms with Gasteiger partial charge in [0.15, 0.2) is 0 Å². The van der Waals surface area contributed by atoms with Crippen molar-refractivity contribution in [3.05, 3.63) is 25.3 Å². The summed E-state index contributed by atoms with van der Waals surface area (Å²) in [5.41, 5.74) is 0. The first-order valence-corrected chi connectivity index (χ1v) is 3.63. The maximum atomic E-state index is 3.66. The zero-order chi connectivity index (χ0) is 6.95. The molecule has 2 heteroatoms. The van der Waals surface area contributed by atoms with E-state index in [0.717, 1.165) is 12.6 Å². The summed E-state index contributed by atoms with van der Waals surface area (Å²) in [5.74, 6) is 0. The van der Waals surface area contributed by atoms with Crippen LogP contribution in [0.4, 0.5) is 0 Å². The summed E-state index contributed by atoms with van der Waals surface area (Å²) >= 11 is 0. The summed E-state index contributed by atoms with van der Waals surface area (Å²) in [4.78, 5) is 0. The SMILES string of the molecule is C=CCBCBCC=C. The van der Waals surface area contributed by atoms with E-state index in [9.17, 15) is 0 Å². The van der Waals surface area contributed by atoms with Crippen LogP contribution in [0.5, 0.6) is 0 Å². The topological polar surface area (TPSA) is 0 Å². The van der Waals surface area contributed by atoms with Crippen LogP contribution in [0.2, 0.25) is 18.9 Å².